The first kappa shape index (κ1) is 21.4. The van der Waals surface area contributed by atoms with Crippen LogP contribution in [0.3, 0.4) is 0 Å². The number of rotatable bonds is 8. The summed E-state index contributed by atoms with van der Waals surface area (Å²) in [6.45, 7) is 4.28. The van der Waals surface area contributed by atoms with Crippen LogP contribution >= 0.6 is 11.3 Å². The van der Waals surface area contributed by atoms with Gasteiger partial charge in [-0.2, -0.15) is 18.2 Å². The first-order chi connectivity index (χ1) is 14.8. The number of aryl methyl sites for hydroxylation is 2. The highest BCUT2D eigenvalue weighted by Crippen LogP contribution is 2.48. The molecule has 0 aromatic carbocycles. The molecular formula is C20H21F3N6OS. The Morgan fingerprint density at radius 3 is 2.71 bits per heavy atom. The largest absolute Gasteiger partial charge is 0.478 e. The number of aromatic nitrogens is 5. The third-order valence-corrected chi connectivity index (χ3v) is 5.76. The van der Waals surface area contributed by atoms with Gasteiger partial charge in [-0.1, -0.05) is 17.4 Å². The maximum Gasteiger partial charge on any atom is 0.451 e. The Hall–Kier alpha value is -2.82. The van der Waals surface area contributed by atoms with Crippen molar-refractivity contribution in [3.63, 3.8) is 0 Å². The van der Waals surface area contributed by atoms with E-state index in [4.69, 9.17) is 4.74 Å². The lowest BCUT2D eigenvalue weighted by molar-refractivity contribution is -0.145. The Labute approximate surface area is 181 Å². The average molecular weight is 450 g/mol. The Morgan fingerprint density at radius 1 is 1.19 bits per heavy atom. The molecule has 0 amide bonds. The number of hydrogen-bond acceptors (Lipinski definition) is 8. The Bertz CT molecular complexity index is 1040. The molecule has 3 aromatic rings. The molecule has 0 spiro atoms. The third kappa shape index (κ3) is 5.66. The number of alkyl halides is 3. The number of halogens is 3. The summed E-state index contributed by atoms with van der Waals surface area (Å²) in [7, 11) is 0. The molecule has 3 heterocycles. The van der Waals surface area contributed by atoms with Crippen molar-refractivity contribution in [1.82, 2.24) is 25.1 Å². The van der Waals surface area contributed by atoms with Crippen LogP contribution in [-0.4, -0.2) is 31.8 Å². The number of nitrogens with zero attached hydrogens (tertiary/aromatic N) is 5. The number of pyridine rings is 1. The molecule has 31 heavy (non-hydrogen) atoms. The average Bonchev–Trinajstić information content (AvgIpc) is 3.37. The van der Waals surface area contributed by atoms with Gasteiger partial charge in [0.05, 0.1) is 13.2 Å². The van der Waals surface area contributed by atoms with Gasteiger partial charge in [-0.15, -0.1) is 10.2 Å². The fourth-order valence-electron chi connectivity index (χ4n) is 3.23. The van der Waals surface area contributed by atoms with Gasteiger partial charge < -0.3 is 10.1 Å². The zero-order valence-corrected chi connectivity index (χ0v) is 17.8. The van der Waals surface area contributed by atoms with E-state index in [1.807, 2.05) is 25.3 Å². The van der Waals surface area contributed by atoms with Gasteiger partial charge >= 0.3 is 6.18 Å². The van der Waals surface area contributed by atoms with Crippen molar-refractivity contribution < 1.29 is 17.9 Å². The second-order valence-corrected chi connectivity index (χ2v) is 8.75. The van der Waals surface area contributed by atoms with Gasteiger partial charge in [-0.05, 0) is 44.2 Å². The van der Waals surface area contributed by atoms with Gasteiger partial charge in [0, 0.05) is 23.9 Å². The lowest BCUT2D eigenvalue weighted by atomic mass is 10.1. The normalized spacial score (nSPS) is 18.1. The summed E-state index contributed by atoms with van der Waals surface area (Å²) in [6, 6.07) is 5.43. The summed E-state index contributed by atoms with van der Waals surface area (Å²) >= 11 is 1.36. The van der Waals surface area contributed by atoms with Crippen molar-refractivity contribution in [3.05, 3.63) is 51.5 Å². The molecule has 7 nitrogen and oxygen atoms in total. The molecule has 164 valence electrons. The Morgan fingerprint density at radius 2 is 2.03 bits per heavy atom. The zero-order valence-electron chi connectivity index (χ0n) is 17.0. The molecule has 2 atom stereocenters. The van der Waals surface area contributed by atoms with Gasteiger partial charge in [0.1, 0.15) is 15.8 Å². The van der Waals surface area contributed by atoms with Crippen molar-refractivity contribution >= 4 is 17.2 Å². The van der Waals surface area contributed by atoms with Gasteiger partial charge in [-0.3, -0.25) is 4.98 Å². The van der Waals surface area contributed by atoms with Crippen LogP contribution < -0.4 is 10.1 Å². The molecule has 0 bridgehead atoms. The number of hydrogen-bond donors (Lipinski definition) is 1. The van der Waals surface area contributed by atoms with E-state index < -0.39 is 12.0 Å². The van der Waals surface area contributed by atoms with Crippen LogP contribution in [0.2, 0.25) is 0 Å². The van der Waals surface area contributed by atoms with E-state index >= 15 is 0 Å². The van der Waals surface area contributed by atoms with Crippen LogP contribution in [0.15, 0.2) is 24.4 Å². The summed E-state index contributed by atoms with van der Waals surface area (Å²) < 4.78 is 45.2. The molecule has 1 N–H and O–H groups in total. The predicted octanol–water partition coefficient (Wildman–Crippen LogP) is 4.54. The van der Waals surface area contributed by atoms with E-state index in [0.717, 1.165) is 29.1 Å². The minimum absolute atomic E-state index is 0.0262. The van der Waals surface area contributed by atoms with Crippen LogP contribution in [0, 0.1) is 19.8 Å². The molecular weight excluding hydrogens is 429 g/mol. The van der Waals surface area contributed by atoms with Gasteiger partial charge in [0.2, 0.25) is 11.7 Å². The molecule has 3 aromatic heterocycles. The summed E-state index contributed by atoms with van der Waals surface area (Å²) in [4.78, 5) is 11.5. The molecule has 0 radical (unpaired) electrons. The first-order valence-corrected chi connectivity index (χ1v) is 10.6. The zero-order chi connectivity index (χ0) is 22.0. The van der Waals surface area contributed by atoms with Crippen molar-refractivity contribution in [2.75, 3.05) is 11.9 Å². The highest BCUT2D eigenvalue weighted by atomic mass is 32.1. The second kappa shape index (κ2) is 8.74. The highest BCUT2D eigenvalue weighted by Gasteiger charge is 2.39. The lowest BCUT2D eigenvalue weighted by Crippen LogP contribution is -2.14. The van der Waals surface area contributed by atoms with Gasteiger partial charge in [0.25, 0.3) is 0 Å². The molecule has 11 heteroatoms. The van der Waals surface area contributed by atoms with E-state index in [1.165, 1.54) is 17.4 Å². The fourth-order valence-corrected chi connectivity index (χ4v) is 3.88. The number of nitrogens with one attached hydrogen (secondary N) is 1. The van der Waals surface area contributed by atoms with Crippen LogP contribution in [0.5, 0.6) is 5.88 Å². The SMILES string of the molecule is Cc1ccc(C2CC2CCOc2cc(NCc3nnc(C)s3)nc(C(F)(F)F)n2)nc1. The smallest absolute Gasteiger partial charge is 0.451 e. The molecule has 0 aliphatic heterocycles. The van der Waals surface area contributed by atoms with E-state index in [-0.39, 0.29) is 24.8 Å². The van der Waals surface area contributed by atoms with Crippen LogP contribution in [0.25, 0.3) is 0 Å². The topological polar surface area (TPSA) is 85.7 Å². The molecule has 4 rings (SSSR count). The molecule has 2 unspecified atom stereocenters. The van der Waals surface area contributed by atoms with E-state index in [0.29, 0.717) is 16.8 Å². The van der Waals surface area contributed by atoms with E-state index in [1.54, 1.807) is 6.92 Å². The van der Waals surface area contributed by atoms with Gasteiger partial charge in [-0.25, -0.2) is 4.98 Å². The maximum absolute atomic E-state index is 13.2. The predicted molar refractivity (Wildman–Crippen MR) is 109 cm³/mol. The standard InChI is InChI=1S/C20H21F3N6OS/c1-11-3-4-15(24-9-11)14-7-13(14)5-6-30-17-8-16(26-19(27-17)20(21,22)23)25-10-18-29-28-12(2)31-18/h3-4,8-9,13-14H,5-7,10H2,1-2H3,(H,25,26,27). The molecule has 1 aliphatic rings. The Kier molecular flexibility index (Phi) is 6.03. The van der Waals surface area contributed by atoms with Crippen LogP contribution in [0.4, 0.5) is 19.0 Å². The van der Waals surface area contributed by atoms with Crippen molar-refractivity contribution in [1.29, 1.82) is 0 Å². The van der Waals surface area contributed by atoms with Crippen LogP contribution in [-0.2, 0) is 12.7 Å². The number of ether oxygens (including phenoxy) is 1. The molecule has 1 fully saturated rings. The van der Waals surface area contributed by atoms with Crippen molar-refractivity contribution in [2.24, 2.45) is 5.92 Å². The minimum atomic E-state index is -4.67. The third-order valence-electron chi connectivity index (χ3n) is 4.92. The molecule has 0 saturated heterocycles. The van der Waals surface area contributed by atoms with Crippen molar-refractivity contribution in [3.8, 4) is 5.88 Å². The summed E-state index contributed by atoms with van der Waals surface area (Å²) in [5.41, 5.74) is 2.16. The summed E-state index contributed by atoms with van der Waals surface area (Å²) in [5, 5.41) is 12.1. The van der Waals surface area contributed by atoms with E-state index in [2.05, 4.69) is 30.5 Å². The second-order valence-electron chi connectivity index (χ2n) is 7.48. The molecule has 1 aliphatic carbocycles. The van der Waals surface area contributed by atoms with Crippen molar-refractivity contribution in [2.45, 2.75) is 45.3 Å². The fraction of sp³-hybridized carbons (Fsp3) is 0.450. The molecule has 1 saturated carbocycles. The van der Waals surface area contributed by atoms with Gasteiger partial charge in [0.15, 0.2) is 0 Å². The Balaban J connectivity index is 1.36. The highest BCUT2D eigenvalue weighted by molar-refractivity contribution is 7.11. The van der Waals surface area contributed by atoms with E-state index in [9.17, 15) is 13.2 Å². The monoisotopic (exact) mass is 450 g/mol. The maximum atomic E-state index is 13.2. The first-order valence-electron chi connectivity index (χ1n) is 9.82. The summed E-state index contributed by atoms with van der Waals surface area (Å²) in [6.07, 6.45) is -1.10. The lowest BCUT2D eigenvalue weighted by Gasteiger charge is -2.12. The number of anilines is 1. The quantitative estimate of drug-likeness (QED) is 0.539. The summed E-state index contributed by atoms with van der Waals surface area (Å²) in [5.74, 6) is -0.526. The minimum Gasteiger partial charge on any atom is -0.478 e. The van der Waals surface area contributed by atoms with Crippen LogP contribution in [0.1, 0.15) is 45.9 Å².